The van der Waals surface area contributed by atoms with Crippen molar-refractivity contribution in [3.05, 3.63) is 30.1 Å². The quantitative estimate of drug-likeness (QED) is 0.562. The molecule has 0 aromatic heterocycles. The zero-order valence-electron chi connectivity index (χ0n) is 16.3. The lowest BCUT2D eigenvalue weighted by Gasteiger charge is -2.38. The highest BCUT2D eigenvalue weighted by atomic mass is 32.2. The number of aliphatic carboxylic acids is 1. The van der Waals surface area contributed by atoms with Crippen molar-refractivity contribution in [2.24, 2.45) is 0 Å². The second-order valence-corrected chi connectivity index (χ2v) is 10.2. The number of likely N-dealkylation sites (tertiary alicyclic amines) is 1. The van der Waals surface area contributed by atoms with Crippen molar-refractivity contribution < 1.29 is 32.2 Å². The first-order valence-electron chi connectivity index (χ1n) is 9.05. The van der Waals surface area contributed by atoms with Crippen molar-refractivity contribution >= 4 is 21.8 Å². The second kappa shape index (κ2) is 8.16. The molecule has 0 spiro atoms. The number of carbonyl (C=O) groups is 2. The van der Waals surface area contributed by atoms with Crippen LogP contribution >= 0.6 is 0 Å². The fourth-order valence-electron chi connectivity index (χ4n) is 3.22. The van der Waals surface area contributed by atoms with Gasteiger partial charge in [0.15, 0.2) is 14.6 Å². The van der Waals surface area contributed by atoms with E-state index in [-0.39, 0.29) is 43.2 Å². The van der Waals surface area contributed by atoms with Crippen molar-refractivity contribution in [3.8, 4) is 0 Å². The van der Waals surface area contributed by atoms with Gasteiger partial charge < -0.3 is 14.7 Å². The average Bonchev–Trinajstić information content (AvgIpc) is 2.59. The number of hydrogen-bond acceptors (Lipinski definition) is 6. The van der Waals surface area contributed by atoms with E-state index in [1.165, 1.54) is 0 Å². The SMILES string of the molecule is CC(C)(C)OC(=O)CCN1CCC(C(=O)O)(S(=O)(=O)c2ccc(F)cc2)CC1. The van der Waals surface area contributed by atoms with Gasteiger partial charge in [0, 0.05) is 19.6 Å². The highest BCUT2D eigenvalue weighted by Gasteiger charge is 2.53. The molecule has 0 atom stereocenters. The molecular weight excluding hydrogens is 389 g/mol. The molecule has 0 bridgehead atoms. The highest BCUT2D eigenvalue weighted by Crippen LogP contribution is 2.36. The predicted molar refractivity (Wildman–Crippen MR) is 100 cm³/mol. The zero-order valence-corrected chi connectivity index (χ0v) is 17.1. The van der Waals surface area contributed by atoms with Gasteiger partial charge in [-0.3, -0.25) is 9.59 Å². The molecule has 2 rings (SSSR count). The first-order valence-corrected chi connectivity index (χ1v) is 10.5. The van der Waals surface area contributed by atoms with E-state index in [4.69, 9.17) is 4.74 Å². The largest absolute Gasteiger partial charge is 0.480 e. The van der Waals surface area contributed by atoms with Crippen LogP contribution in [0.5, 0.6) is 0 Å². The number of carbonyl (C=O) groups excluding carboxylic acids is 1. The van der Waals surface area contributed by atoms with Crippen LogP contribution in [-0.2, 0) is 24.2 Å². The van der Waals surface area contributed by atoms with Gasteiger partial charge in [0.1, 0.15) is 11.4 Å². The summed E-state index contributed by atoms with van der Waals surface area (Å²) in [5.41, 5.74) is -0.583. The number of sulfone groups is 1. The Morgan fingerprint density at radius 2 is 1.71 bits per heavy atom. The summed E-state index contributed by atoms with van der Waals surface area (Å²) in [7, 11) is -4.20. The molecule has 7 nitrogen and oxygen atoms in total. The van der Waals surface area contributed by atoms with E-state index in [9.17, 15) is 27.5 Å². The Morgan fingerprint density at radius 1 is 1.18 bits per heavy atom. The number of ether oxygens (including phenoxy) is 1. The Labute approximate surface area is 164 Å². The molecule has 156 valence electrons. The van der Waals surface area contributed by atoms with Crippen LogP contribution in [0.15, 0.2) is 29.2 Å². The molecule has 1 aliphatic heterocycles. The Kier molecular flexibility index (Phi) is 6.50. The molecule has 28 heavy (non-hydrogen) atoms. The van der Waals surface area contributed by atoms with Crippen LogP contribution in [0.25, 0.3) is 0 Å². The van der Waals surface area contributed by atoms with Crippen LogP contribution in [0, 0.1) is 5.82 Å². The summed E-state index contributed by atoms with van der Waals surface area (Å²) >= 11 is 0. The number of piperidine rings is 1. The summed E-state index contributed by atoms with van der Waals surface area (Å²) in [6.45, 7) is 6.11. The van der Waals surface area contributed by atoms with Gasteiger partial charge in [-0.15, -0.1) is 0 Å². The maximum atomic E-state index is 13.1. The molecule has 1 heterocycles. The van der Waals surface area contributed by atoms with Gasteiger partial charge in [0.2, 0.25) is 0 Å². The van der Waals surface area contributed by atoms with E-state index in [0.717, 1.165) is 24.3 Å². The number of esters is 1. The van der Waals surface area contributed by atoms with Gasteiger partial charge in [-0.2, -0.15) is 0 Å². The summed E-state index contributed by atoms with van der Waals surface area (Å²) < 4.78 is 42.4. The van der Waals surface area contributed by atoms with E-state index in [2.05, 4.69) is 0 Å². The van der Waals surface area contributed by atoms with E-state index >= 15 is 0 Å². The zero-order chi connectivity index (χ0) is 21.2. The van der Waals surface area contributed by atoms with Gasteiger partial charge in [0.05, 0.1) is 11.3 Å². The van der Waals surface area contributed by atoms with E-state index in [0.29, 0.717) is 6.54 Å². The smallest absolute Gasteiger partial charge is 0.325 e. The molecular formula is C19H26FNO6S. The maximum Gasteiger partial charge on any atom is 0.325 e. The van der Waals surface area contributed by atoms with E-state index < -0.39 is 32.0 Å². The van der Waals surface area contributed by atoms with E-state index in [1.807, 2.05) is 4.90 Å². The van der Waals surface area contributed by atoms with Crippen LogP contribution < -0.4 is 0 Å². The first kappa shape index (κ1) is 22.3. The number of benzene rings is 1. The Hall–Kier alpha value is -2.00. The van der Waals surface area contributed by atoms with Crippen LogP contribution in [0.4, 0.5) is 4.39 Å². The van der Waals surface area contributed by atoms with Crippen LogP contribution in [0.1, 0.15) is 40.0 Å². The monoisotopic (exact) mass is 415 g/mol. The number of carboxylic acid groups (broad SMARTS) is 1. The lowest BCUT2D eigenvalue weighted by Crippen LogP contribution is -2.54. The van der Waals surface area contributed by atoms with Crippen molar-refractivity contribution in [2.75, 3.05) is 19.6 Å². The van der Waals surface area contributed by atoms with Crippen LogP contribution in [0.3, 0.4) is 0 Å². The number of rotatable bonds is 6. The number of hydrogen-bond donors (Lipinski definition) is 1. The molecule has 0 radical (unpaired) electrons. The third kappa shape index (κ3) is 4.88. The number of carboxylic acids is 1. The molecule has 9 heteroatoms. The lowest BCUT2D eigenvalue weighted by atomic mass is 9.95. The Morgan fingerprint density at radius 3 is 2.18 bits per heavy atom. The molecule has 1 aromatic carbocycles. The van der Waals surface area contributed by atoms with Crippen LogP contribution in [0.2, 0.25) is 0 Å². The first-order chi connectivity index (χ1) is 12.9. The second-order valence-electron chi connectivity index (χ2n) is 7.93. The number of nitrogens with zero attached hydrogens (tertiary/aromatic N) is 1. The molecule has 0 aliphatic carbocycles. The third-order valence-corrected chi connectivity index (χ3v) is 7.25. The summed E-state index contributed by atoms with van der Waals surface area (Å²) in [6.07, 6.45) is -0.0885. The van der Waals surface area contributed by atoms with Crippen molar-refractivity contribution in [2.45, 2.75) is 55.3 Å². The lowest BCUT2D eigenvalue weighted by molar-refractivity contribution is -0.155. The normalized spacial score (nSPS) is 17.9. The highest BCUT2D eigenvalue weighted by molar-refractivity contribution is 7.93. The van der Waals surface area contributed by atoms with Crippen molar-refractivity contribution in [1.82, 2.24) is 4.90 Å². The topological polar surface area (TPSA) is 101 Å². The van der Waals surface area contributed by atoms with Gasteiger partial charge in [-0.05, 0) is 57.9 Å². The van der Waals surface area contributed by atoms with Crippen LogP contribution in [-0.4, -0.2) is 60.3 Å². The third-order valence-electron chi connectivity index (χ3n) is 4.74. The minimum Gasteiger partial charge on any atom is -0.480 e. The van der Waals surface area contributed by atoms with Gasteiger partial charge in [-0.25, -0.2) is 12.8 Å². The van der Waals surface area contributed by atoms with Crippen molar-refractivity contribution in [3.63, 3.8) is 0 Å². The predicted octanol–water partition coefficient (Wildman–Crippen LogP) is 2.25. The molecule has 0 unspecified atom stereocenters. The molecule has 1 aromatic rings. The Bertz CT molecular complexity index is 821. The molecule has 1 aliphatic rings. The van der Waals surface area contributed by atoms with Gasteiger partial charge in [-0.1, -0.05) is 0 Å². The minimum atomic E-state index is -4.20. The molecule has 0 saturated carbocycles. The number of halogens is 1. The minimum absolute atomic E-state index is 0.115. The molecule has 0 amide bonds. The fourth-order valence-corrected chi connectivity index (χ4v) is 5.11. The van der Waals surface area contributed by atoms with Gasteiger partial charge >= 0.3 is 11.9 Å². The average molecular weight is 415 g/mol. The summed E-state index contributed by atoms with van der Waals surface area (Å²) in [4.78, 5) is 25.4. The van der Waals surface area contributed by atoms with Gasteiger partial charge in [0.25, 0.3) is 0 Å². The summed E-state index contributed by atoms with van der Waals surface area (Å²) in [5, 5.41) is 9.73. The van der Waals surface area contributed by atoms with Crippen molar-refractivity contribution in [1.29, 1.82) is 0 Å². The Balaban J connectivity index is 2.08. The molecule has 1 N–H and O–H groups in total. The van der Waals surface area contributed by atoms with E-state index in [1.54, 1.807) is 20.8 Å². The standard InChI is InChI=1S/C19H26FNO6S/c1-18(2,3)27-16(22)8-11-21-12-9-19(10-13-21,17(23)24)28(25,26)15-6-4-14(20)5-7-15/h4-7H,8-13H2,1-3H3,(H,23,24). The summed E-state index contributed by atoms with van der Waals surface area (Å²) in [6, 6.07) is 4.17. The maximum absolute atomic E-state index is 13.1. The molecule has 1 fully saturated rings. The fraction of sp³-hybridized carbons (Fsp3) is 0.579. The molecule has 1 saturated heterocycles. The summed E-state index contributed by atoms with van der Waals surface area (Å²) in [5.74, 6) is -2.37.